The number of nitrogens with one attached hydrogen (secondary N) is 2. The zero-order valence-corrected chi connectivity index (χ0v) is 25.4. The lowest BCUT2D eigenvalue weighted by molar-refractivity contribution is -0.142. The van der Waals surface area contributed by atoms with Gasteiger partial charge in [-0.3, -0.25) is 4.79 Å². The maximum absolute atomic E-state index is 15.6. The van der Waals surface area contributed by atoms with Crippen molar-refractivity contribution in [2.75, 3.05) is 40.3 Å². The largest absolute Gasteiger partial charge is 0.453 e. The topological polar surface area (TPSA) is 90.9 Å². The molecule has 1 saturated heterocycles. The Hall–Kier alpha value is -3.11. The molecule has 0 spiro atoms. The number of aryl methyl sites for hydroxylation is 1. The van der Waals surface area contributed by atoms with Gasteiger partial charge in [-0.1, -0.05) is 11.6 Å². The molecule has 1 aliphatic heterocycles. The van der Waals surface area contributed by atoms with E-state index >= 15 is 8.78 Å². The van der Waals surface area contributed by atoms with E-state index in [0.29, 0.717) is 36.9 Å². The van der Waals surface area contributed by atoms with E-state index < -0.39 is 35.1 Å². The minimum absolute atomic E-state index is 0.0160. The second kappa shape index (κ2) is 14.6. The van der Waals surface area contributed by atoms with Crippen molar-refractivity contribution in [2.45, 2.75) is 63.9 Å². The molecule has 0 bridgehead atoms. The molecule has 1 aliphatic carbocycles. The Balaban J connectivity index is 1.68. The predicted octanol–water partition coefficient (Wildman–Crippen LogP) is 5.67. The quantitative estimate of drug-likeness (QED) is 0.305. The van der Waals surface area contributed by atoms with Crippen LogP contribution in [0.2, 0.25) is 0 Å². The average Bonchev–Trinajstić information content (AvgIpc) is 3.00. The first-order valence-corrected chi connectivity index (χ1v) is 15.3. The van der Waals surface area contributed by atoms with Crippen molar-refractivity contribution in [2.24, 2.45) is 17.8 Å². The summed E-state index contributed by atoms with van der Waals surface area (Å²) in [6, 6.07) is 6.04. The highest BCUT2D eigenvalue weighted by Crippen LogP contribution is 2.45. The normalized spacial score (nSPS) is 22.1. The van der Waals surface area contributed by atoms with Crippen molar-refractivity contribution in [3.63, 3.8) is 0 Å². The lowest BCUT2D eigenvalue weighted by Gasteiger charge is -2.44. The smallest absolute Gasteiger partial charge is 0.406 e. The number of halogens is 3. The number of alkyl carbamates (subject to hydrolysis) is 1. The number of ether oxygens (including phenoxy) is 1. The first-order valence-electron chi connectivity index (χ1n) is 15.3. The molecule has 10 heteroatoms. The maximum Gasteiger partial charge on any atom is 0.406 e. The molecule has 1 heterocycles. The number of hydrogen-bond donors (Lipinski definition) is 3. The number of carbonyl (C=O) groups excluding carboxylic acids is 2. The number of amides is 2. The number of methoxy groups -OCH3 is 1. The second-order valence-electron chi connectivity index (χ2n) is 12.1. The zero-order chi connectivity index (χ0) is 31.1. The highest BCUT2D eigenvalue weighted by Gasteiger charge is 2.44. The van der Waals surface area contributed by atoms with E-state index in [0.717, 1.165) is 38.3 Å². The Kier molecular flexibility index (Phi) is 11.1. The number of benzene rings is 2. The molecule has 2 fully saturated rings. The molecule has 2 amide bonds. The molecule has 0 unspecified atom stereocenters. The molecular weight excluding hydrogens is 559 g/mol. The molecule has 43 heavy (non-hydrogen) atoms. The van der Waals surface area contributed by atoms with Crippen molar-refractivity contribution < 1.29 is 32.6 Å². The fourth-order valence-electron chi connectivity index (χ4n) is 6.93. The van der Waals surface area contributed by atoms with Crippen LogP contribution in [0.1, 0.15) is 62.5 Å². The highest BCUT2D eigenvalue weighted by molar-refractivity contribution is 5.79. The van der Waals surface area contributed by atoms with Crippen LogP contribution in [-0.4, -0.2) is 62.3 Å². The van der Waals surface area contributed by atoms with Gasteiger partial charge in [0, 0.05) is 48.7 Å². The zero-order valence-electron chi connectivity index (χ0n) is 25.4. The monoisotopic (exact) mass is 603 g/mol. The summed E-state index contributed by atoms with van der Waals surface area (Å²) in [6.45, 7) is 3.57. The summed E-state index contributed by atoms with van der Waals surface area (Å²) in [4.78, 5) is 27.1. The number of carbonyl (C=O) groups is 2. The Morgan fingerprint density at radius 2 is 1.81 bits per heavy atom. The van der Waals surface area contributed by atoms with Gasteiger partial charge in [0.25, 0.3) is 0 Å². The third-order valence-corrected chi connectivity index (χ3v) is 9.20. The van der Waals surface area contributed by atoms with E-state index in [4.69, 9.17) is 0 Å². The van der Waals surface area contributed by atoms with Gasteiger partial charge in [-0.2, -0.15) is 0 Å². The molecule has 2 atom stereocenters. The van der Waals surface area contributed by atoms with E-state index in [1.807, 2.05) is 7.05 Å². The molecule has 2 aromatic rings. The summed E-state index contributed by atoms with van der Waals surface area (Å²) in [5.74, 6) is -2.62. The molecule has 0 aromatic heterocycles. The summed E-state index contributed by atoms with van der Waals surface area (Å²) in [5, 5.41) is 18.3. The number of rotatable bonds is 10. The fourth-order valence-corrected chi connectivity index (χ4v) is 6.93. The van der Waals surface area contributed by atoms with Gasteiger partial charge in [-0.25, -0.2) is 18.0 Å². The van der Waals surface area contributed by atoms with Crippen LogP contribution in [0.4, 0.5) is 18.0 Å². The fraction of sp³-hybridized carbons (Fsp3) is 0.576. The van der Waals surface area contributed by atoms with E-state index in [1.54, 1.807) is 17.9 Å². The summed E-state index contributed by atoms with van der Waals surface area (Å²) in [7, 11) is 3.17. The summed E-state index contributed by atoms with van der Waals surface area (Å²) < 4.78 is 50.3. The minimum Gasteiger partial charge on any atom is -0.453 e. The van der Waals surface area contributed by atoms with Gasteiger partial charge in [0.05, 0.1) is 12.7 Å². The lowest BCUT2D eigenvalue weighted by atomic mass is 9.71. The van der Waals surface area contributed by atoms with Gasteiger partial charge in [0.15, 0.2) is 0 Å². The van der Waals surface area contributed by atoms with Crippen LogP contribution in [0.3, 0.4) is 0 Å². The van der Waals surface area contributed by atoms with Crippen LogP contribution >= 0.6 is 0 Å². The van der Waals surface area contributed by atoms with Gasteiger partial charge < -0.3 is 25.4 Å². The molecule has 3 N–H and O–H groups in total. The van der Waals surface area contributed by atoms with Crippen LogP contribution in [0.15, 0.2) is 30.3 Å². The number of likely N-dealkylation sites (tertiary alicyclic amines) is 1. The second-order valence-corrected chi connectivity index (χ2v) is 12.1. The number of aliphatic hydroxyl groups is 1. The average molecular weight is 604 g/mol. The van der Waals surface area contributed by atoms with Crippen molar-refractivity contribution in [3.05, 3.63) is 58.9 Å². The summed E-state index contributed by atoms with van der Waals surface area (Å²) in [6.07, 6.45) is 4.31. The Labute approximate surface area is 252 Å². The van der Waals surface area contributed by atoms with Crippen molar-refractivity contribution >= 4 is 12.0 Å². The van der Waals surface area contributed by atoms with Gasteiger partial charge in [-0.05, 0) is 102 Å². The lowest BCUT2D eigenvalue weighted by Crippen LogP contribution is -2.50. The first-order chi connectivity index (χ1) is 20.6. The SMILES string of the molecule is CNCC1CCC(C(=O)N2CCC[C@@H]([C@@](O)(CCCNC(=O)OC)c3cc(F)cc(F)c3-c3cc(C)ccc3F)C2)CC1. The van der Waals surface area contributed by atoms with Crippen LogP contribution in [0.5, 0.6) is 0 Å². The minimum atomic E-state index is -1.82. The number of piperidine rings is 1. The molecule has 2 aromatic carbocycles. The van der Waals surface area contributed by atoms with Crippen molar-refractivity contribution in [1.82, 2.24) is 15.5 Å². The summed E-state index contributed by atoms with van der Waals surface area (Å²) in [5.41, 5.74) is -1.47. The standard InChI is InChI=1S/C33H44F3N3O4/c1-21-7-12-28(35)26(16-21)30-27(17-25(34)18-29(30)36)33(42,13-5-14-38-32(41)43-3)24-6-4-15-39(20-24)31(40)23-10-8-22(9-11-23)19-37-2/h7,12,16-18,22-24,37,42H,4-6,8-11,13-15,19-20H2,1-3H3,(H,38,41)/t22?,23?,24-,33+/m1/s1. The molecular formula is C33H44F3N3O4. The maximum atomic E-state index is 15.6. The van der Waals surface area contributed by atoms with Crippen LogP contribution in [0, 0.1) is 42.1 Å². The molecule has 7 nitrogen and oxygen atoms in total. The Morgan fingerprint density at radius 3 is 2.51 bits per heavy atom. The Morgan fingerprint density at radius 1 is 1.07 bits per heavy atom. The number of hydrogen-bond acceptors (Lipinski definition) is 5. The van der Waals surface area contributed by atoms with E-state index in [1.165, 1.54) is 19.2 Å². The van der Waals surface area contributed by atoms with Gasteiger partial charge >= 0.3 is 6.09 Å². The van der Waals surface area contributed by atoms with Crippen LogP contribution < -0.4 is 10.6 Å². The highest BCUT2D eigenvalue weighted by atomic mass is 19.1. The molecule has 2 aliphatic rings. The number of nitrogens with zero attached hydrogens (tertiary/aromatic N) is 1. The molecule has 1 saturated carbocycles. The third-order valence-electron chi connectivity index (χ3n) is 9.20. The van der Waals surface area contributed by atoms with E-state index in [-0.39, 0.29) is 54.4 Å². The van der Waals surface area contributed by atoms with Crippen LogP contribution in [-0.2, 0) is 15.1 Å². The predicted molar refractivity (Wildman–Crippen MR) is 159 cm³/mol. The van der Waals surface area contributed by atoms with Gasteiger partial charge in [-0.15, -0.1) is 0 Å². The summed E-state index contributed by atoms with van der Waals surface area (Å²) >= 11 is 0. The van der Waals surface area contributed by atoms with Gasteiger partial charge in [0.1, 0.15) is 17.5 Å². The van der Waals surface area contributed by atoms with Crippen molar-refractivity contribution in [1.29, 1.82) is 0 Å². The molecule has 0 radical (unpaired) electrons. The Bertz CT molecular complexity index is 1280. The van der Waals surface area contributed by atoms with Gasteiger partial charge in [0.2, 0.25) is 5.91 Å². The van der Waals surface area contributed by atoms with E-state index in [9.17, 15) is 19.1 Å². The first kappa shape index (κ1) is 32.8. The third kappa shape index (κ3) is 7.70. The molecule has 236 valence electrons. The van der Waals surface area contributed by atoms with E-state index in [2.05, 4.69) is 15.4 Å². The van der Waals surface area contributed by atoms with Crippen molar-refractivity contribution in [3.8, 4) is 11.1 Å². The molecule has 4 rings (SSSR count). The van der Waals surface area contributed by atoms with Crippen LogP contribution in [0.25, 0.3) is 11.1 Å².